The Labute approximate surface area is 178 Å². The van der Waals surface area contributed by atoms with E-state index < -0.39 is 10.0 Å². The molecule has 5 nitrogen and oxygen atoms in total. The average Bonchev–Trinajstić information content (AvgIpc) is 2.73. The Morgan fingerprint density at radius 3 is 2.34 bits per heavy atom. The Balaban J connectivity index is 1.48. The van der Waals surface area contributed by atoms with Gasteiger partial charge in [0.2, 0.25) is 15.9 Å². The molecule has 2 aromatic carbocycles. The number of hydrogen-bond acceptors (Lipinski definition) is 3. The molecule has 156 valence electrons. The Morgan fingerprint density at radius 1 is 1.10 bits per heavy atom. The van der Waals surface area contributed by atoms with E-state index in [2.05, 4.69) is 17.4 Å². The molecule has 1 atom stereocenters. The van der Waals surface area contributed by atoms with Gasteiger partial charge in [-0.05, 0) is 62.4 Å². The topological polar surface area (TPSA) is 66.5 Å². The second kappa shape index (κ2) is 9.74. The van der Waals surface area contributed by atoms with Crippen LogP contribution in [0.2, 0.25) is 5.02 Å². The molecule has 7 heteroatoms. The first kappa shape index (κ1) is 21.8. The Morgan fingerprint density at radius 2 is 1.72 bits per heavy atom. The molecule has 0 aliphatic carbocycles. The maximum atomic E-state index is 12.8. The lowest BCUT2D eigenvalue weighted by atomic mass is 9.96. The van der Waals surface area contributed by atoms with Crippen LogP contribution in [0.5, 0.6) is 0 Å². The Hall–Kier alpha value is -1.89. The van der Waals surface area contributed by atoms with Crippen LogP contribution in [0.1, 0.15) is 31.7 Å². The van der Waals surface area contributed by atoms with Gasteiger partial charge in [-0.3, -0.25) is 4.79 Å². The molecule has 1 saturated heterocycles. The smallest absolute Gasteiger partial charge is 0.243 e. The van der Waals surface area contributed by atoms with Crippen molar-refractivity contribution < 1.29 is 13.2 Å². The molecule has 0 spiro atoms. The van der Waals surface area contributed by atoms with Gasteiger partial charge in [0.05, 0.1) is 4.90 Å². The van der Waals surface area contributed by atoms with E-state index in [0.717, 1.165) is 12.8 Å². The predicted molar refractivity (Wildman–Crippen MR) is 115 cm³/mol. The van der Waals surface area contributed by atoms with Crippen molar-refractivity contribution in [3.05, 3.63) is 65.2 Å². The molecule has 1 N–H and O–H groups in total. The zero-order valence-corrected chi connectivity index (χ0v) is 18.1. The summed E-state index contributed by atoms with van der Waals surface area (Å²) >= 11 is 5.85. The molecule has 2 aromatic rings. The molecule has 1 aliphatic rings. The minimum atomic E-state index is -3.55. The van der Waals surface area contributed by atoms with Crippen molar-refractivity contribution in [1.82, 2.24) is 9.62 Å². The van der Waals surface area contributed by atoms with E-state index in [-0.39, 0.29) is 22.8 Å². The highest BCUT2D eigenvalue weighted by atomic mass is 35.5. The van der Waals surface area contributed by atoms with E-state index in [9.17, 15) is 13.2 Å². The minimum absolute atomic E-state index is 0.0223. The fourth-order valence-corrected chi connectivity index (χ4v) is 5.17. The molecule has 0 radical (unpaired) electrons. The molecule has 0 bridgehead atoms. The summed E-state index contributed by atoms with van der Waals surface area (Å²) in [5, 5.41) is 3.59. The number of sulfonamides is 1. The quantitative estimate of drug-likeness (QED) is 0.719. The van der Waals surface area contributed by atoms with Crippen molar-refractivity contribution in [2.75, 3.05) is 13.1 Å². The molecule has 0 aromatic heterocycles. The van der Waals surface area contributed by atoms with Crippen LogP contribution in [0.25, 0.3) is 0 Å². The van der Waals surface area contributed by atoms with Crippen molar-refractivity contribution in [3.63, 3.8) is 0 Å². The first-order valence-electron chi connectivity index (χ1n) is 9.96. The summed E-state index contributed by atoms with van der Waals surface area (Å²) in [6, 6.07) is 16.5. The van der Waals surface area contributed by atoms with Crippen LogP contribution in [0.4, 0.5) is 0 Å². The molecule has 1 amide bonds. The zero-order valence-electron chi connectivity index (χ0n) is 16.6. The maximum absolute atomic E-state index is 12.8. The molecule has 29 heavy (non-hydrogen) atoms. The number of nitrogens with one attached hydrogen (secondary N) is 1. The van der Waals surface area contributed by atoms with E-state index in [0.29, 0.717) is 31.0 Å². The number of carbonyl (C=O) groups is 1. The van der Waals surface area contributed by atoms with Gasteiger partial charge in [-0.25, -0.2) is 8.42 Å². The predicted octanol–water partition coefficient (Wildman–Crippen LogP) is 3.88. The van der Waals surface area contributed by atoms with Gasteiger partial charge in [0.15, 0.2) is 0 Å². The molecular weight excluding hydrogens is 408 g/mol. The third-order valence-corrected chi connectivity index (χ3v) is 7.54. The molecular formula is C22H27ClN2O3S. The first-order valence-corrected chi connectivity index (χ1v) is 11.8. The van der Waals surface area contributed by atoms with Crippen LogP contribution in [0.3, 0.4) is 0 Å². The summed E-state index contributed by atoms with van der Waals surface area (Å²) in [5.41, 5.74) is 1.26. The number of hydrogen-bond donors (Lipinski definition) is 1. The van der Waals surface area contributed by atoms with Gasteiger partial charge in [0.1, 0.15) is 0 Å². The number of nitrogens with zero attached hydrogens (tertiary/aromatic N) is 1. The SMILES string of the molecule is CC(CCc1ccccc1)NC(=O)C1CCN(S(=O)(=O)c2ccc(Cl)cc2)CC1. The number of rotatable bonds is 7. The van der Waals surface area contributed by atoms with Gasteiger partial charge in [-0.2, -0.15) is 4.31 Å². The summed E-state index contributed by atoms with van der Waals surface area (Å²) in [4.78, 5) is 12.8. The average molecular weight is 435 g/mol. The molecule has 1 aliphatic heterocycles. The minimum Gasteiger partial charge on any atom is -0.353 e. The van der Waals surface area contributed by atoms with E-state index in [4.69, 9.17) is 11.6 Å². The number of carbonyl (C=O) groups excluding carboxylic acids is 1. The van der Waals surface area contributed by atoms with Crippen molar-refractivity contribution in [2.45, 2.75) is 43.5 Å². The maximum Gasteiger partial charge on any atom is 0.243 e. The summed E-state index contributed by atoms with van der Waals surface area (Å²) < 4.78 is 27.0. The molecule has 1 fully saturated rings. The Bertz CT molecular complexity index is 909. The van der Waals surface area contributed by atoms with E-state index in [1.165, 1.54) is 22.0 Å². The van der Waals surface area contributed by atoms with Crippen LogP contribution < -0.4 is 5.32 Å². The number of halogens is 1. The summed E-state index contributed by atoms with van der Waals surface area (Å²) in [6.45, 7) is 2.71. The standard InChI is InChI=1S/C22H27ClN2O3S/c1-17(7-8-18-5-3-2-4-6-18)24-22(26)19-13-15-25(16-14-19)29(27,28)21-11-9-20(23)10-12-21/h2-6,9-12,17,19H,7-8,13-16H2,1H3,(H,24,26). The van der Waals surface area contributed by atoms with Crippen molar-refractivity contribution in [2.24, 2.45) is 5.92 Å². The van der Waals surface area contributed by atoms with Crippen molar-refractivity contribution >= 4 is 27.5 Å². The highest BCUT2D eigenvalue weighted by Crippen LogP contribution is 2.25. The monoisotopic (exact) mass is 434 g/mol. The second-order valence-corrected chi connectivity index (χ2v) is 9.94. The highest BCUT2D eigenvalue weighted by Gasteiger charge is 2.32. The number of piperidine rings is 1. The third kappa shape index (κ3) is 5.81. The Kier molecular flexibility index (Phi) is 7.33. The van der Waals surface area contributed by atoms with E-state index in [1.54, 1.807) is 12.1 Å². The van der Waals surface area contributed by atoms with E-state index >= 15 is 0 Å². The van der Waals surface area contributed by atoms with Crippen LogP contribution in [-0.4, -0.2) is 37.8 Å². The van der Waals surface area contributed by atoms with Gasteiger partial charge in [-0.15, -0.1) is 0 Å². The van der Waals surface area contributed by atoms with E-state index in [1.807, 2.05) is 25.1 Å². The van der Waals surface area contributed by atoms with Crippen molar-refractivity contribution in [1.29, 1.82) is 0 Å². The lowest BCUT2D eigenvalue weighted by Gasteiger charge is -2.31. The van der Waals surface area contributed by atoms with Gasteiger partial charge in [-0.1, -0.05) is 41.9 Å². The lowest BCUT2D eigenvalue weighted by molar-refractivity contribution is -0.126. The van der Waals surface area contributed by atoms with Crippen LogP contribution in [0, 0.1) is 5.92 Å². The van der Waals surface area contributed by atoms with Gasteiger partial charge in [0.25, 0.3) is 0 Å². The number of amides is 1. The molecule has 0 saturated carbocycles. The summed E-state index contributed by atoms with van der Waals surface area (Å²) in [6.07, 6.45) is 2.85. The molecule has 3 rings (SSSR count). The molecule has 1 heterocycles. The second-order valence-electron chi connectivity index (χ2n) is 7.57. The van der Waals surface area contributed by atoms with Crippen LogP contribution >= 0.6 is 11.6 Å². The van der Waals surface area contributed by atoms with Gasteiger partial charge >= 0.3 is 0 Å². The molecule has 1 unspecified atom stereocenters. The summed E-state index contributed by atoms with van der Waals surface area (Å²) in [7, 11) is -3.55. The first-order chi connectivity index (χ1) is 13.9. The van der Waals surface area contributed by atoms with Crippen LogP contribution in [-0.2, 0) is 21.2 Å². The third-order valence-electron chi connectivity index (χ3n) is 5.37. The lowest BCUT2D eigenvalue weighted by Crippen LogP contribution is -2.44. The number of benzene rings is 2. The number of aryl methyl sites for hydroxylation is 1. The fourth-order valence-electron chi connectivity index (χ4n) is 3.57. The van der Waals surface area contributed by atoms with Crippen molar-refractivity contribution in [3.8, 4) is 0 Å². The summed E-state index contributed by atoms with van der Waals surface area (Å²) in [5.74, 6) is -0.125. The normalized spacial score (nSPS) is 17.0. The van der Waals surface area contributed by atoms with Gasteiger partial charge in [0, 0.05) is 30.1 Å². The van der Waals surface area contributed by atoms with Crippen LogP contribution in [0.15, 0.2) is 59.5 Å². The highest BCUT2D eigenvalue weighted by molar-refractivity contribution is 7.89. The fraction of sp³-hybridized carbons (Fsp3) is 0.409. The zero-order chi connectivity index (χ0) is 20.9. The largest absolute Gasteiger partial charge is 0.353 e. The van der Waals surface area contributed by atoms with Gasteiger partial charge < -0.3 is 5.32 Å².